The predicted molar refractivity (Wildman–Crippen MR) is 147 cm³/mol. The number of hydrogen-bond donors (Lipinski definition) is 5. The van der Waals surface area contributed by atoms with E-state index >= 15 is 0 Å². The van der Waals surface area contributed by atoms with Gasteiger partial charge in [-0.3, -0.25) is 10.0 Å². The average Bonchev–Trinajstić information content (AvgIpc) is 3.35. The van der Waals surface area contributed by atoms with Crippen LogP contribution in [0.4, 0.5) is 11.4 Å². The Morgan fingerprint density at radius 1 is 1.25 bits per heavy atom. The molecule has 0 atom stereocenters. The number of nitrogens with zero attached hydrogens (tertiary/aromatic N) is 3. The molecular formula is C25H30N6O3S2. The number of anilines is 2. The van der Waals surface area contributed by atoms with E-state index < -0.39 is 5.60 Å². The molecule has 1 aromatic heterocycles. The molecule has 0 unspecified atom stereocenters. The number of aliphatic hydroxyl groups is 1. The molecule has 0 radical (unpaired) electrons. The van der Waals surface area contributed by atoms with E-state index in [1.807, 2.05) is 12.1 Å². The van der Waals surface area contributed by atoms with Gasteiger partial charge in [-0.1, -0.05) is 6.07 Å². The summed E-state index contributed by atoms with van der Waals surface area (Å²) in [6.07, 6.45) is 1.18. The highest BCUT2D eigenvalue weighted by Crippen LogP contribution is 2.32. The number of para-hydroxylation sites is 1. The molecule has 2 aromatic carbocycles. The van der Waals surface area contributed by atoms with Crippen molar-refractivity contribution in [1.82, 2.24) is 9.88 Å². The van der Waals surface area contributed by atoms with Gasteiger partial charge in [-0.05, 0) is 68.7 Å². The van der Waals surface area contributed by atoms with Gasteiger partial charge < -0.3 is 25.9 Å². The minimum absolute atomic E-state index is 0.0933. The third-order valence-corrected chi connectivity index (χ3v) is 7.83. The monoisotopic (exact) mass is 526 g/mol. The molecule has 6 N–H and O–H groups in total. The molecule has 11 heteroatoms. The van der Waals surface area contributed by atoms with Gasteiger partial charge in [0.2, 0.25) is 0 Å². The summed E-state index contributed by atoms with van der Waals surface area (Å²) in [6, 6.07) is 12.7. The van der Waals surface area contributed by atoms with Crippen molar-refractivity contribution in [3.8, 4) is 0 Å². The van der Waals surface area contributed by atoms with E-state index in [1.54, 1.807) is 54.6 Å². The predicted octanol–water partition coefficient (Wildman–Crippen LogP) is 4.80. The first-order chi connectivity index (χ1) is 17.2. The lowest BCUT2D eigenvalue weighted by Crippen LogP contribution is -2.47. The quantitative estimate of drug-likeness (QED) is 0.160. The topological polar surface area (TPSA) is 139 Å². The Morgan fingerprint density at radius 3 is 2.58 bits per heavy atom. The van der Waals surface area contributed by atoms with Crippen molar-refractivity contribution < 1.29 is 15.1 Å². The first-order valence-corrected chi connectivity index (χ1v) is 13.2. The largest absolute Gasteiger partial charge is 0.402 e. The number of carbonyl (C=O) groups is 1. The number of fused-ring (bicyclic) bond motifs is 1. The lowest BCUT2D eigenvalue weighted by atomic mass is 9.83. The molecular weight excluding hydrogens is 496 g/mol. The molecule has 0 spiro atoms. The number of aromatic nitrogens is 1. The van der Waals surface area contributed by atoms with Gasteiger partial charge in [0.25, 0.3) is 5.91 Å². The van der Waals surface area contributed by atoms with Gasteiger partial charge in [0.05, 0.1) is 27.9 Å². The summed E-state index contributed by atoms with van der Waals surface area (Å²) in [5.74, 6) is -0.0933. The molecule has 1 saturated heterocycles. The molecule has 9 nitrogen and oxygen atoms in total. The van der Waals surface area contributed by atoms with Crippen molar-refractivity contribution in [2.75, 3.05) is 22.3 Å². The Morgan fingerprint density at radius 2 is 1.94 bits per heavy atom. The van der Waals surface area contributed by atoms with Crippen LogP contribution in [0.25, 0.3) is 10.2 Å². The van der Waals surface area contributed by atoms with Crippen LogP contribution < -0.4 is 14.9 Å². The number of amides is 1. The van der Waals surface area contributed by atoms with Gasteiger partial charge in [0, 0.05) is 42.2 Å². The van der Waals surface area contributed by atoms with Crippen molar-refractivity contribution in [3.63, 3.8) is 0 Å². The summed E-state index contributed by atoms with van der Waals surface area (Å²) in [5.41, 5.74) is 10.8. The number of nitrogens with two attached hydrogens (primary N) is 1. The molecule has 0 saturated carbocycles. The Balaban J connectivity index is 1.32. The number of allylic oxidation sites excluding steroid dienone is 1. The number of nitrogens with one attached hydrogen (secondary N) is 2. The summed E-state index contributed by atoms with van der Waals surface area (Å²) >= 11 is 2.51. The maximum absolute atomic E-state index is 13.0. The number of carbonyl (C=O) groups excluding carboxylic acids is 1. The number of benzene rings is 2. The van der Waals surface area contributed by atoms with Gasteiger partial charge in [-0.15, -0.1) is 11.3 Å². The van der Waals surface area contributed by atoms with E-state index in [1.165, 1.54) is 11.3 Å². The zero-order chi connectivity index (χ0) is 25.9. The Bertz CT molecular complexity index is 1280. The fraction of sp³-hybridized carbons (Fsp3) is 0.320. The number of likely N-dealkylation sites (tertiary alicyclic amines) is 1. The van der Waals surface area contributed by atoms with Crippen LogP contribution in [-0.2, 0) is 0 Å². The van der Waals surface area contributed by atoms with Crippen LogP contribution in [0.2, 0.25) is 0 Å². The molecule has 36 heavy (non-hydrogen) atoms. The lowest BCUT2D eigenvalue weighted by molar-refractivity contribution is -0.0154. The minimum Gasteiger partial charge on any atom is -0.402 e. The van der Waals surface area contributed by atoms with Crippen molar-refractivity contribution >= 4 is 56.7 Å². The fourth-order valence-electron chi connectivity index (χ4n) is 4.23. The van der Waals surface area contributed by atoms with Gasteiger partial charge in [-0.25, -0.2) is 4.98 Å². The van der Waals surface area contributed by atoms with E-state index in [0.717, 1.165) is 32.5 Å². The molecule has 2 heterocycles. The van der Waals surface area contributed by atoms with Crippen LogP contribution in [0.5, 0.6) is 0 Å². The Kier molecular flexibility index (Phi) is 7.84. The number of rotatable bonds is 8. The smallest absolute Gasteiger partial charge is 0.253 e. The van der Waals surface area contributed by atoms with Crippen LogP contribution in [0, 0.1) is 5.41 Å². The van der Waals surface area contributed by atoms with Crippen LogP contribution >= 0.6 is 23.5 Å². The average molecular weight is 527 g/mol. The summed E-state index contributed by atoms with van der Waals surface area (Å²) in [6.45, 7) is 4.28. The minimum atomic E-state index is -0.973. The van der Waals surface area contributed by atoms with Gasteiger partial charge in [0.1, 0.15) is 11.2 Å². The van der Waals surface area contributed by atoms with Gasteiger partial charge >= 0.3 is 0 Å². The summed E-state index contributed by atoms with van der Waals surface area (Å²) in [7, 11) is 0. The molecule has 0 bridgehead atoms. The summed E-state index contributed by atoms with van der Waals surface area (Å²) < 4.78 is 5.09. The molecule has 0 aliphatic carbocycles. The zero-order valence-electron chi connectivity index (χ0n) is 20.2. The first-order valence-electron chi connectivity index (χ1n) is 11.5. The van der Waals surface area contributed by atoms with Crippen molar-refractivity contribution in [3.05, 3.63) is 64.8 Å². The fourth-order valence-corrected chi connectivity index (χ4v) is 5.51. The Labute approximate surface area is 218 Å². The van der Waals surface area contributed by atoms with E-state index in [2.05, 4.69) is 9.71 Å². The number of hydrogen-bond acceptors (Lipinski definition) is 10. The standard InChI is InChI=1S/C25H30N6O3S2/c1-16(26)20(17(2)27)14-25(33)10-12-30(13-11-25)24(32)18-6-8-19(9-7-18)29-36-31(34)21-4-3-5-22-23(21)28-15-35-22/h3-9,15,26,29,33-34H,10-14,27H2,1-2H3. The first kappa shape index (κ1) is 26.0. The van der Waals surface area contributed by atoms with Crippen molar-refractivity contribution in [2.24, 2.45) is 5.73 Å². The third kappa shape index (κ3) is 5.81. The molecule has 4 rings (SSSR count). The SMILES string of the molecule is CC(=N)C(CC1(O)CCN(C(=O)c2ccc(NSN(O)c3cccc4scnc34)cc2)CC1)=C(C)N. The second-order valence-electron chi connectivity index (χ2n) is 9.00. The van der Waals surface area contributed by atoms with Crippen LogP contribution in [0.1, 0.15) is 43.5 Å². The van der Waals surface area contributed by atoms with Gasteiger partial charge in [-0.2, -0.15) is 4.47 Å². The number of piperidine rings is 1. The van der Waals surface area contributed by atoms with Crippen LogP contribution in [0.3, 0.4) is 0 Å². The highest BCUT2D eigenvalue weighted by Gasteiger charge is 2.35. The summed E-state index contributed by atoms with van der Waals surface area (Å²) in [5, 5.41) is 29.4. The van der Waals surface area contributed by atoms with E-state index in [9.17, 15) is 15.1 Å². The number of thiazole rings is 1. The van der Waals surface area contributed by atoms with Gasteiger partial charge in [0.15, 0.2) is 0 Å². The molecule has 1 fully saturated rings. The van der Waals surface area contributed by atoms with Crippen LogP contribution in [-0.4, -0.2) is 50.5 Å². The molecule has 190 valence electrons. The maximum atomic E-state index is 13.0. The third-order valence-electron chi connectivity index (χ3n) is 6.34. The summed E-state index contributed by atoms with van der Waals surface area (Å²) in [4.78, 5) is 19.1. The molecule has 1 aliphatic heterocycles. The zero-order valence-corrected chi connectivity index (χ0v) is 21.8. The van der Waals surface area contributed by atoms with Crippen molar-refractivity contribution in [2.45, 2.75) is 38.7 Å². The second kappa shape index (κ2) is 10.9. The normalized spacial score (nSPS) is 15.9. The van der Waals surface area contributed by atoms with E-state index in [-0.39, 0.29) is 5.91 Å². The highest BCUT2D eigenvalue weighted by atomic mass is 32.2. The van der Waals surface area contributed by atoms with Crippen molar-refractivity contribution in [1.29, 1.82) is 5.41 Å². The van der Waals surface area contributed by atoms with Crippen LogP contribution in [0.15, 0.2) is 59.2 Å². The van der Waals surface area contributed by atoms with E-state index in [0.29, 0.717) is 60.6 Å². The second-order valence-corrected chi connectivity index (χ2v) is 10.6. The maximum Gasteiger partial charge on any atom is 0.253 e. The molecule has 3 aromatic rings. The highest BCUT2D eigenvalue weighted by molar-refractivity contribution is 8.01. The van der Waals surface area contributed by atoms with E-state index in [4.69, 9.17) is 11.1 Å². The molecule has 1 amide bonds. The lowest BCUT2D eigenvalue weighted by Gasteiger charge is -2.39. The molecule has 1 aliphatic rings. The Hall–Kier alpha value is -3.12.